The number of carbonyl (C=O) groups is 1. The van der Waals surface area contributed by atoms with E-state index in [9.17, 15) is 13.2 Å². The summed E-state index contributed by atoms with van der Waals surface area (Å²) in [6.45, 7) is 6.83. The van der Waals surface area contributed by atoms with E-state index in [1.165, 1.54) is 11.2 Å². The summed E-state index contributed by atoms with van der Waals surface area (Å²) >= 11 is 0. The van der Waals surface area contributed by atoms with E-state index < -0.39 is 21.1 Å². The molecular weight excluding hydrogens is 266 g/mol. The van der Waals surface area contributed by atoms with Gasteiger partial charge in [0.05, 0.1) is 10.8 Å². The molecule has 1 rings (SSSR count). The summed E-state index contributed by atoms with van der Waals surface area (Å²) in [5.41, 5.74) is 0.479. The highest BCUT2D eigenvalue weighted by Gasteiger charge is 2.29. The molecule has 108 valence electrons. The average molecular weight is 287 g/mol. The molecule has 0 fully saturated rings. The van der Waals surface area contributed by atoms with Crippen LogP contribution < -0.4 is 0 Å². The quantitative estimate of drug-likeness (QED) is 0.846. The Kier molecular flexibility index (Phi) is 4.45. The maximum absolute atomic E-state index is 12.3. The molecule has 0 bridgehead atoms. The summed E-state index contributed by atoms with van der Waals surface area (Å²) in [4.78, 5) is 13.8. The molecule has 0 saturated heterocycles. The van der Waals surface area contributed by atoms with E-state index in [4.69, 9.17) is 4.42 Å². The van der Waals surface area contributed by atoms with Gasteiger partial charge in [-0.3, -0.25) is 4.79 Å². The maximum Gasteiger partial charge on any atom is 0.257 e. The topological polar surface area (TPSA) is 67.6 Å². The van der Waals surface area contributed by atoms with Crippen molar-refractivity contribution in [3.63, 3.8) is 0 Å². The van der Waals surface area contributed by atoms with Crippen molar-refractivity contribution in [2.45, 2.75) is 39.0 Å². The first kappa shape index (κ1) is 15.8. The van der Waals surface area contributed by atoms with Crippen LogP contribution in [-0.2, 0) is 9.84 Å². The minimum atomic E-state index is -3.19. The Hall–Kier alpha value is -1.30. The number of hydrogen-bond acceptors (Lipinski definition) is 4. The van der Waals surface area contributed by atoms with Crippen LogP contribution in [-0.4, -0.2) is 43.8 Å². The van der Waals surface area contributed by atoms with Crippen molar-refractivity contribution in [2.24, 2.45) is 0 Å². The van der Waals surface area contributed by atoms with Crippen LogP contribution in [0, 0.1) is 13.8 Å². The molecule has 1 heterocycles. The zero-order chi connectivity index (χ0) is 15.0. The van der Waals surface area contributed by atoms with Gasteiger partial charge < -0.3 is 9.32 Å². The fourth-order valence-electron chi connectivity index (χ4n) is 1.89. The van der Waals surface area contributed by atoms with Gasteiger partial charge in [-0.25, -0.2) is 8.42 Å². The third kappa shape index (κ3) is 3.37. The van der Waals surface area contributed by atoms with Gasteiger partial charge in [0.15, 0.2) is 9.84 Å². The summed E-state index contributed by atoms with van der Waals surface area (Å²) in [7, 11) is -1.58. The summed E-state index contributed by atoms with van der Waals surface area (Å²) in [5, 5.41) is -0.616. The highest BCUT2D eigenvalue weighted by atomic mass is 32.2. The van der Waals surface area contributed by atoms with E-state index in [0.29, 0.717) is 17.1 Å². The number of sulfone groups is 1. The zero-order valence-corrected chi connectivity index (χ0v) is 13.0. The second kappa shape index (κ2) is 5.36. The monoisotopic (exact) mass is 287 g/mol. The van der Waals surface area contributed by atoms with Crippen LogP contribution in [0.15, 0.2) is 10.5 Å². The van der Waals surface area contributed by atoms with E-state index in [1.54, 1.807) is 40.8 Å². The highest BCUT2D eigenvalue weighted by Crippen LogP contribution is 2.18. The van der Waals surface area contributed by atoms with Crippen LogP contribution in [0.25, 0.3) is 0 Å². The molecule has 2 unspecified atom stereocenters. The molecule has 1 aromatic heterocycles. The van der Waals surface area contributed by atoms with Crippen LogP contribution in [0.2, 0.25) is 0 Å². The molecule has 1 aromatic rings. The molecule has 0 N–H and O–H groups in total. The molecule has 0 spiro atoms. The van der Waals surface area contributed by atoms with E-state index in [1.807, 2.05) is 0 Å². The third-order valence-electron chi connectivity index (χ3n) is 3.56. The van der Waals surface area contributed by atoms with Crippen LogP contribution in [0.1, 0.15) is 35.7 Å². The van der Waals surface area contributed by atoms with Crippen LogP contribution in [0.4, 0.5) is 0 Å². The van der Waals surface area contributed by atoms with Gasteiger partial charge in [-0.05, 0) is 33.8 Å². The molecular formula is C13H21NO4S. The summed E-state index contributed by atoms with van der Waals surface area (Å²) < 4.78 is 28.4. The lowest BCUT2D eigenvalue weighted by Crippen LogP contribution is -2.44. The highest BCUT2D eigenvalue weighted by molar-refractivity contribution is 7.91. The molecule has 0 aromatic carbocycles. The van der Waals surface area contributed by atoms with Crippen LogP contribution in [0.3, 0.4) is 0 Å². The number of carbonyl (C=O) groups excluding carboxylic acids is 1. The number of furan rings is 1. The second-order valence-electron chi connectivity index (χ2n) is 5.02. The minimum absolute atomic E-state index is 0.225. The first-order chi connectivity index (χ1) is 8.55. The van der Waals surface area contributed by atoms with E-state index in [0.717, 1.165) is 0 Å². The van der Waals surface area contributed by atoms with E-state index >= 15 is 0 Å². The predicted molar refractivity (Wildman–Crippen MR) is 74.0 cm³/mol. The molecule has 2 atom stereocenters. The number of nitrogens with zero attached hydrogens (tertiary/aromatic N) is 1. The fourth-order valence-corrected chi connectivity index (χ4v) is 2.79. The summed E-state index contributed by atoms with van der Waals surface area (Å²) in [6, 6.07) is 1.27. The first-order valence-electron chi connectivity index (χ1n) is 6.08. The molecule has 0 aliphatic heterocycles. The Bertz CT molecular complexity index is 573. The lowest BCUT2D eigenvalue weighted by atomic mass is 10.1. The number of aryl methyl sites for hydroxylation is 2. The Morgan fingerprint density at radius 3 is 2.21 bits per heavy atom. The maximum atomic E-state index is 12.3. The first-order valence-corrected chi connectivity index (χ1v) is 8.04. The molecule has 0 saturated carbocycles. The van der Waals surface area contributed by atoms with Crippen molar-refractivity contribution < 1.29 is 17.6 Å². The molecule has 0 radical (unpaired) electrons. The third-order valence-corrected chi connectivity index (χ3v) is 5.30. The van der Waals surface area contributed by atoms with Gasteiger partial charge in [0.2, 0.25) is 0 Å². The van der Waals surface area contributed by atoms with Crippen LogP contribution >= 0.6 is 0 Å². The standard InChI is InChI=1S/C13H21NO4S/c1-8-7-12(10(3)18-8)13(15)14(5)9(2)11(4)19(6,16)17/h7,9,11H,1-6H3. The molecule has 6 heteroatoms. The van der Waals surface area contributed by atoms with E-state index in [2.05, 4.69) is 0 Å². The van der Waals surface area contributed by atoms with Gasteiger partial charge in [-0.1, -0.05) is 0 Å². The Labute approximate surface area is 114 Å². The minimum Gasteiger partial charge on any atom is -0.466 e. The van der Waals surface area contributed by atoms with Gasteiger partial charge in [0, 0.05) is 19.3 Å². The lowest BCUT2D eigenvalue weighted by molar-refractivity contribution is 0.0741. The molecule has 0 aliphatic carbocycles. The molecule has 1 amide bonds. The molecule has 0 aliphatic rings. The van der Waals surface area contributed by atoms with Crippen LogP contribution in [0.5, 0.6) is 0 Å². The Morgan fingerprint density at radius 2 is 1.84 bits per heavy atom. The number of amides is 1. The van der Waals surface area contributed by atoms with E-state index in [-0.39, 0.29) is 5.91 Å². The number of rotatable bonds is 4. The largest absolute Gasteiger partial charge is 0.466 e. The summed E-state index contributed by atoms with van der Waals surface area (Å²) in [5.74, 6) is 0.990. The average Bonchev–Trinajstić information content (AvgIpc) is 2.63. The Balaban J connectivity index is 2.98. The second-order valence-corrected chi connectivity index (χ2v) is 7.42. The number of hydrogen-bond donors (Lipinski definition) is 0. The smallest absolute Gasteiger partial charge is 0.257 e. The van der Waals surface area contributed by atoms with Crippen molar-refractivity contribution in [3.8, 4) is 0 Å². The van der Waals surface area contributed by atoms with Gasteiger partial charge in [-0.2, -0.15) is 0 Å². The van der Waals surface area contributed by atoms with Crippen molar-refractivity contribution >= 4 is 15.7 Å². The van der Waals surface area contributed by atoms with Crippen molar-refractivity contribution in [2.75, 3.05) is 13.3 Å². The van der Waals surface area contributed by atoms with Crippen molar-refractivity contribution in [1.82, 2.24) is 4.90 Å². The SMILES string of the molecule is Cc1cc(C(=O)N(C)C(C)C(C)S(C)(=O)=O)c(C)o1. The van der Waals surface area contributed by atoms with Gasteiger partial charge in [0.25, 0.3) is 5.91 Å². The van der Waals surface area contributed by atoms with Crippen molar-refractivity contribution in [1.29, 1.82) is 0 Å². The fraction of sp³-hybridized carbons (Fsp3) is 0.615. The summed E-state index contributed by atoms with van der Waals surface area (Å²) in [6.07, 6.45) is 1.18. The van der Waals surface area contributed by atoms with Crippen molar-refractivity contribution in [3.05, 3.63) is 23.2 Å². The van der Waals surface area contributed by atoms with Gasteiger partial charge in [0.1, 0.15) is 11.5 Å². The molecule has 19 heavy (non-hydrogen) atoms. The normalized spacial score (nSPS) is 15.1. The molecule has 5 nitrogen and oxygen atoms in total. The predicted octanol–water partition coefficient (Wildman–Crippen LogP) is 1.79. The zero-order valence-electron chi connectivity index (χ0n) is 12.2. The van der Waals surface area contributed by atoms with Gasteiger partial charge >= 0.3 is 0 Å². The van der Waals surface area contributed by atoms with Gasteiger partial charge in [-0.15, -0.1) is 0 Å². The lowest BCUT2D eigenvalue weighted by Gasteiger charge is -2.28. The Morgan fingerprint density at radius 1 is 1.32 bits per heavy atom.